The molecule has 31 heavy (non-hydrogen) atoms. The van der Waals surface area contributed by atoms with Crippen molar-refractivity contribution < 1.29 is 26.4 Å². The Morgan fingerprint density at radius 1 is 0.903 bits per heavy atom. The fourth-order valence-corrected chi connectivity index (χ4v) is 4.00. The van der Waals surface area contributed by atoms with Gasteiger partial charge in [-0.05, 0) is 54.1 Å². The number of nitrogens with zero attached hydrogens (tertiary/aromatic N) is 1. The number of benzene rings is 3. The van der Waals surface area contributed by atoms with Crippen LogP contribution in [0, 0.1) is 0 Å². The number of halogens is 3. The first kappa shape index (κ1) is 22.5. The smallest absolute Gasteiger partial charge is 0.322 e. The minimum absolute atomic E-state index is 0.109. The fraction of sp³-hybridized carbons (Fsp3) is 0.136. The number of hydrogen-bond donors (Lipinski definition) is 1. The van der Waals surface area contributed by atoms with Crippen LogP contribution < -0.4 is 5.32 Å². The lowest BCUT2D eigenvalue weighted by Crippen LogP contribution is -2.26. The second-order valence-electron chi connectivity index (χ2n) is 6.80. The van der Waals surface area contributed by atoms with Crippen molar-refractivity contribution in [1.29, 1.82) is 0 Å². The Labute approximate surface area is 178 Å². The number of hydrogen-bond acceptors (Lipinski definition) is 3. The Morgan fingerprint density at radius 3 is 2.03 bits per heavy atom. The number of anilines is 1. The van der Waals surface area contributed by atoms with Crippen LogP contribution in [0.15, 0.2) is 83.8 Å². The van der Waals surface area contributed by atoms with Gasteiger partial charge in [-0.2, -0.15) is 17.5 Å². The molecular formula is C22H19F3N2O3S. The molecule has 0 aliphatic rings. The Hall–Kier alpha value is -3.17. The molecular weight excluding hydrogens is 429 g/mol. The molecule has 3 rings (SSSR count). The first-order chi connectivity index (χ1) is 14.6. The molecule has 0 fully saturated rings. The van der Waals surface area contributed by atoms with E-state index in [1.165, 1.54) is 47.8 Å². The second-order valence-corrected chi connectivity index (χ2v) is 8.85. The van der Waals surface area contributed by atoms with E-state index in [9.17, 15) is 26.4 Å². The first-order valence-electron chi connectivity index (χ1n) is 9.16. The summed E-state index contributed by atoms with van der Waals surface area (Å²) in [5.74, 6) is -0.489. The lowest BCUT2D eigenvalue weighted by molar-refractivity contribution is -0.137. The molecule has 1 N–H and O–H groups in total. The van der Waals surface area contributed by atoms with Crippen molar-refractivity contribution in [3.05, 3.63) is 95.6 Å². The number of nitrogens with one attached hydrogen (secondary N) is 1. The van der Waals surface area contributed by atoms with Gasteiger partial charge in [0.2, 0.25) is 10.0 Å². The molecule has 0 aliphatic heterocycles. The van der Waals surface area contributed by atoms with Gasteiger partial charge in [-0.1, -0.05) is 30.3 Å². The van der Waals surface area contributed by atoms with Crippen LogP contribution in [0.2, 0.25) is 0 Å². The summed E-state index contributed by atoms with van der Waals surface area (Å²) < 4.78 is 64.2. The highest BCUT2D eigenvalue weighted by atomic mass is 32.2. The predicted molar refractivity (Wildman–Crippen MR) is 111 cm³/mol. The first-order valence-corrected chi connectivity index (χ1v) is 10.6. The van der Waals surface area contributed by atoms with Crippen molar-refractivity contribution in [3.8, 4) is 0 Å². The summed E-state index contributed by atoms with van der Waals surface area (Å²) in [4.78, 5) is 12.5. The van der Waals surface area contributed by atoms with Gasteiger partial charge < -0.3 is 5.32 Å². The van der Waals surface area contributed by atoms with E-state index in [0.29, 0.717) is 5.56 Å². The summed E-state index contributed by atoms with van der Waals surface area (Å²) in [6, 6.07) is 18.5. The van der Waals surface area contributed by atoms with E-state index in [0.717, 1.165) is 12.1 Å². The van der Waals surface area contributed by atoms with Gasteiger partial charge in [0, 0.05) is 24.8 Å². The van der Waals surface area contributed by atoms with Gasteiger partial charge >= 0.3 is 6.18 Å². The zero-order chi connectivity index (χ0) is 22.6. The maximum Gasteiger partial charge on any atom is 0.416 e. The number of alkyl halides is 3. The van der Waals surface area contributed by atoms with Crippen LogP contribution in [0.4, 0.5) is 18.9 Å². The molecule has 0 saturated heterocycles. The third-order valence-corrected chi connectivity index (χ3v) is 6.36. The molecule has 162 valence electrons. The summed E-state index contributed by atoms with van der Waals surface area (Å²) in [5, 5.41) is 2.53. The highest BCUT2D eigenvalue weighted by molar-refractivity contribution is 7.89. The Morgan fingerprint density at radius 2 is 1.48 bits per heavy atom. The van der Waals surface area contributed by atoms with Gasteiger partial charge in [0.15, 0.2) is 0 Å². The van der Waals surface area contributed by atoms with Crippen molar-refractivity contribution in [2.45, 2.75) is 17.6 Å². The van der Waals surface area contributed by atoms with E-state index in [4.69, 9.17) is 0 Å². The fourth-order valence-electron chi connectivity index (χ4n) is 2.82. The van der Waals surface area contributed by atoms with Gasteiger partial charge in [-0.3, -0.25) is 4.79 Å². The minimum Gasteiger partial charge on any atom is -0.322 e. The van der Waals surface area contributed by atoms with Gasteiger partial charge in [0.1, 0.15) is 0 Å². The quantitative estimate of drug-likeness (QED) is 0.590. The van der Waals surface area contributed by atoms with Crippen molar-refractivity contribution in [2.24, 2.45) is 0 Å². The van der Waals surface area contributed by atoms with Crippen molar-refractivity contribution in [1.82, 2.24) is 4.31 Å². The topological polar surface area (TPSA) is 66.5 Å². The molecule has 1 amide bonds. The summed E-state index contributed by atoms with van der Waals surface area (Å²) >= 11 is 0. The monoisotopic (exact) mass is 448 g/mol. The molecule has 0 heterocycles. The van der Waals surface area contributed by atoms with Crippen molar-refractivity contribution in [2.75, 3.05) is 12.4 Å². The zero-order valence-electron chi connectivity index (χ0n) is 16.4. The molecule has 3 aromatic carbocycles. The van der Waals surface area contributed by atoms with E-state index in [1.54, 1.807) is 30.3 Å². The van der Waals surface area contributed by atoms with Crippen LogP contribution in [0.25, 0.3) is 0 Å². The van der Waals surface area contributed by atoms with E-state index in [-0.39, 0.29) is 22.7 Å². The Kier molecular flexibility index (Phi) is 6.47. The van der Waals surface area contributed by atoms with Crippen LogP contribution in [0.3, 0.4) is 0 Å². The van der Waals surface area contributed by atoms with Gasteiger partial charge in [-0.25, -0.2) is 8.42 Å². The average molecular weight is 448 g/mol. The molecule has 0 spiro atoms. The standard InChI is InChI=1S/C22H19F3N2O3S/c1-27(31(29,30)20-5-3-2-4-6-20)15-16-7-9-17(10-8-16)21(28)26-19-13-11-18(12-14-19)22(23,24)25/h2-14H,15H2,1H3,(H,26,28). The molecule has 0 radical (unpaired) electrons. The SMILES string of the molecule is CN(Cc1ccc(C(=O)Nc2ccc(C(F)(F)F)cc2)cc1)S(=O)(=O)c1ccccc1. The van der Waals surface area contributed by atoms with Crippen LogP contribution in [-0.2, 0) is 22.7 Å². The normalized spacial score (nSPS) is 12.0. The van der Waals surface area contributed by atoms with Gasteiger partial charge in [-0.15, -0.1) is 0 Å². The van der Waals surface area contributed by atoms with Crippen LogP contribution >= 0.6 is 0 Å². The summed E-state index contributed by atoms with van der Waals surface area (Å²) in [7, 11) is -2.18. The highest BCUT2D eigenvalue weighted by Crippen LogP contribution is 2.29. The predicted octanol–water partition coefficient (Wildman–Crippen LogP) is 4.78. The number of rotatable bonds is 6. The molecule has 0 atom stereocenters. The van der Waals surface area contributed by atoms with Gasteiger partial charge in [0.05, 0.1) is 10.5 Å². The molecule has 0 saturated carbocycles. The van der Waals surface area contributed by atoms with E-state index in [2.05, 4.69) is 5.32 Å². The largest absolute Gasteiger partial charge is 0.416 e. The van der Waals surface area contributed by atoms with E-state index in [1.807, 2.05) is 0 Å². The number of sulfonamides is 1. The van der Waals surface area contributed by atoms with E-state index >= 15 is 0 Å². The van der Waals surface area contributed by atoms with E-state index < -0.39 is 27.7 Å². The molecule has 0 unspecified atom stereocenters. The highest BCUT2D eigenvalue weighted by Gasteiger charge is 2.30. The molecule has 0 aliphatic carbocycles. The maximum atomic E-state index is 12.6. The third-order valence-electron chi connectivity index (χ3n) is 4.54. The average Bonchev–Trinajstić information content (AvgIpc) is 2.74. The zero-order valence-corrected chi connectivity index (χ0v) is 17.2. The van der Waals surface area contributed by atoms with Crippen molar-refractivity contribution in [3.63, 3.8) is 0 Å². The molecule has 5 nitrogen and oxygen atoms in total. The lowest BCUT2D eigenvalue weighted by Gasteiger charge is -2.17. The summed E-state index contributed by atoms with van der Waals surface area (Å²) in [6.07, 6.45) is -4.44. The molecule has 0 bridgehead atoms. The Bertz CT molecular complexity index is 1150. The Balaban J connectivity index is 1.65. The van der Waals surface area contributed by atoms with Crippen LogP contribution in [0.5, 0.6) is 0 Å². The van der Waals surface area contributed by atoms with Crippen LogP contribution in [-0.4, -0.2) is 25.7 Å². The van der Waals surface area contributed by atoms with Gasteiger partial charge in [0.25, 0.3) is 5.91 Å². The lowest BCUT2D eigenvalue weighted by atomic mass is 10.1. The molecule has 0 aromatic heterocycles. The molecule has 3 aromatic rings. The second kappa shape index (κ2) is 8.91. The summed E-state index contributed by atoms with van der Waals surface area (Å²) in [5.41, 5.74) is 0.394. The maximum absolute atomic E-state index is 12.6. The number of carbonyl (C=O) groups excluding carboxylic acids is 1. The number of amides is 1. The number of carbonyl (C=O) groups is 1. The third kappa shape index (κ3) is 5.50. The summed E-state index contributed by atoms with van der Waals surface area (Å²) in [6.45, 7) is 0.109. The van der Waals surface area contributed by atoms with Crippen molar-refractivity contribution >= 4 is 21.6 Å². The minimum atomic E-state index is -4.44. The van der Waals surface area contributed by atoms with Crippen LogP contribution in [0.1, 0.15) is 21.5 Å². The molecule has 9 heteroatoms.